The van der Waals surface area contributed by atoms with Gasteiger partial charge >= 0.3 is 0 Å². The third-order valence-corrected chi connectivity index (χ3v) is 1.86. The van der Waals surface area contributed by atoms with Crippen molar-refractivity contribution in [3.05, 3.63) is 0 Å². The Morgan fingerprint density at radius 1 is 1.33 bits per heavy atom. The normalized spacial score (nSPS) is 12.2. The Morgan fingerprint density at radius 3 is 2.17 bits per heavy atom. The fourth-order valence-electron chi connectivity index (χ4n) is 0.678. The van der Waals surface area contributed by atoms with Gasteiger partial charge in [-0.3, -0.25) is 0 Å². The van der Waals surface area contributed by atoms with E-state index in [-0.39, 0.29) is 0 Å². The molecule has 0 saturated carbocycles. The van der Waals surface area contributed by atoms with Gasteiger partial charge in [0.25, 0.3) is 0 Å². The molecule has 0 aliphatic heterocycles. The summed E-state index contributed by atoms with van der Waals surface area (Å²) in [7, 11) is 3.89. The molecule has 0 aromatic rings. The standard InChI is InChI=1S/C8H19NO.C2H6/c1-5-9(3)7-6-8(2)10-4;1-2/h8H,5-7H2,1-4H3;1-2H3. The fraction of sp³-hybridized carbons (Fsp3) is 1.00. The van der Waals surface area contributed by atoms with Crippen molar-refractivity contribution in [3.63, 3.8) is 0 Å². The van der Waals surface area contributed by atoms with E-state index in [0.717, 1.165) is 19.5 Å². The molecule has 2 nitrogen and oxygen atoms in total. The molecule has 0 aromatic heterocycles. The SMILES string of the molecule is CC.CCN(C)CCC(C)OC. The van der Waals surface area contributed by atoms with Crippen molar-refractivity contribution < 1.29 is 4.74 Å². The lowest BCUT2D eigenvalue weighted by molar-refractivity contribution is 0.101. The lowest BCUT2D eigenvalue weighted by atomic mass is 10.3. The molecule has 12 heavy (non-hydrogen) atoms. The van der Waals surface area contributed by atoms with Crippen molar-refractivity contribution in [2.75, 3.05) is 27.2 Å². The number of nitrogens with zero attached hydrogens (tertiary/aromatic N) is 1. The van der Waals surface area contributed by atoms with Gasteiger partial charge in [-0.05, 0) is 26.9 Å². The van der Waals surface area contributed by atoms with Crippen LogP contribution in [0.4, 0.5) is 0 Å². The number of rotatable bonds is 5. The van der Waals surface area contributed by atoms with Crippen molar-refractivity contribution >= 4 is 0 Å². The molecule has 1 atom stereocenters. The fourth-order valence-corrected chi connectivity index (χ4v) is 0.678. The Kier molecular flexibility index (Phi) is 13.1. The molecule has 2 heteroatoms. The second-order valence-corrected chi connectivity index (χ2v) is 2.73. The highest BCUT2D eigenvalue weighted by Gasteiger charge is 2.00. The molecule has 0 fully saturated rings. The smallest absolute Gasteiger partial charge is 0.0555 e. The zero-order chi connectivity index (χ0) is 9.98. The number of hydrogen-bond acceptors (Lipinski definition) is 2. The van der Waals surface area contributed by atoms with Crippen molar-refractivity contribution in [1.29, 1.82) is 0 Å². The maximum absolute atomic E-state index is 5.12. The van der Waals surface area contributed by atoms with Gasteiger partial charge in [0, 0.05) is 13.7 Å². The summed E-state index contributed by atoms with van der Waals surface area (Å²) in [6.07, 6.45) is 1.52. The van der Waals surface area contributed by atoms with E-state index >= 15 is 0 Å². The molecule has 0 radical (unpaired) electrons. The third-order valence-electron chi connectivity index (χ3n) is 1.86. The molecular weight excluding hydrogens is 150 g/mol. The summed E-state index contributed by atoms with van der Waals surface area (Å²) in [6, 6.07) is 0. The predicted molar refractivity (Wildman–Crippen MR) is 55.6 cm³/mol. The largest absolute Gasteiger partial charge is 0.382 e. The zero-order valence-electron chi connectivity index (χ0n) is 9.55. The van der Waals surface area contributed by atoms with Crippen molar-refractivity contribution in [1.82, 2.24) is 4.90 Å². The van der Waals surface area contributed by atoms with Gasteiger partial charge in [0.2, 0.25) is 0 Å². The van der Waals surface area contributed by atoms with Gasteiger partial charge in [-0.1, -0.05) is 20.8 Å². The summed E-state index contributed by atoms with van der Waals surface area (Å²) in [6.45, 7) is 10.5. The highest BCUT2D eigenvalue weighted by Crippen LogP contribution is 1.96. The minimum Gasteiger partial charge on any atom is -0.382 e. The van der Waals surface area contributed by atoms with Crippen LogP contribution >= 0.6 is 0 Å². The van der Waals surface area contributed by atoms with Gasteiger partial charge in [0.1, 0.15) is 0 Å². The Balaban J connectivity index is 0. The molecule has 0 saturated heterocycles. The molecule has 0 amide bonds. The number of methoxy groups -OCH3 is 1. The van der Waals surface area contributed by atoms with Crippen molar-refractivity contribution in [2.45, 2.75) is 40.2 Å². The minimum atomic E-state index is 0.397. The molecule has 0 spiro atoms. The summed E-state index contributed by atoms with van der Waals surface area (Å²) >= 11 is 0. The van der Waals surface area contributed by atoms with Gasteiger partial charge in [-0.25, -0.2) is 0 Å². The first-order valence-electron chi connectivity index (χ1n) is 4.92. The Bertz CT molecular complexity index is 66.2. The van der Waals surface area contributed by atoms with Gasteiger partial charge in [-0.2, -0.15) is 0 Å². The van der Waals surface area contributed by atoms with E-state index in [2.05, 4.69) is 25.8 Å². The first-order valence-corrected chi connectivity index (χ1v) is 4.92. The quantitative estimate of drug-likeness (QED) is 0.636. The summed E-state index contributed by atoms with van der Waals surface area (Å²) < 4.78 is 5.12. The molecule has 0 heterocycles. The van der Waals surface area contributed by atoms with E-state index in [9.17, 15) is 0 Å². The lowest BCUT2D eigenvalue weighted by Crippen LogP contribution is -2.22. The van der Waals surface area contributed by atoms with Gasteiger partial charge in [0.15, 0.2) is 0 Å². The Hall–Kier alpha value is -0.0800. The van der Waals surface area contributed by atoms with E-state index in [4.69, 9.17) is 4.74 Å². The summed E-state index contributed by atoms with van der Waals surface area (Å²) in [4.78, 5) is 2.29. The average Bonchev–Trinajstić information content (AvgIpc) is 2.16. The van der Waals surface area contributed by atoms with Crippen LogP contribution in [0.25, 0.3) is 0 Å². The van der Waals surface area contributed by atoms with Crippen LogP contribution in [0.3, 0.4) is 0 Å². The van der Waals surface area contributed by atoms with Crippen LogP contribution in [-0.2, 0) is 4.74 Å². The summed E-state index contributed by atoms with van der Waals surface area (Å²) in [5.74, 6) is 0. The summed E-state index contributed by atoms with van der Waals surface area (Å²) in [5.41, 5.74) is 0. The van der Waals surface area contributed by atoms with Crippen LogP contribution in [0.5, 0.6) is 0 Å². The molecule has 0 aliphatic carbocycles. The zero-order valence-corrected chi connectivity index (χ0v) is 9.55. The predicted octanol–water partition coefficient (Wildman–Crippen LogP) is 2.39. The lowest BCUT2D eigenvalue weighted by Gasteiger charge is -2.16. The topological polar surface area (TPSA) is 12.5 Å². The minimum absolute atomic E-state index is 0.397. The molecule has 0 aromatic carbocycles. The maximum Gasteiger partial charge on any atom is 0.0555 e. The third kappa shape index (κ3) is 9.92. The van der Waals surface area contributed by atoms with Crippen LogP contribution in [0.2, 0.25) is 0 Å². The van der Waals surface area contributed by atoms with Crippen LogP contribution in [0, 0.1) is 0 Å². The van der Waals surface area contributed by atoms with E-state index in [1.54, 1.807) is 7.11 Å². The molecule has 0 rings (SSSR count). The van der Waals surface area contributed by atoms with Crippen LogP contribution in [-0.4, -0.2) is 38.3 Å². The second kappa shape index (κ2) is 10.9. The maximum atomic E-state index is 5.12. The van der Waals surface area contributed by atoms with E-state index in [1.807, 2.05) is 13.8 Å². The second-order valence-electron chi connectivity index (χ2n) is 2.73. The molecule has 0 N–H and O–H groups in total. The Morgan fingerprint density at radius 2 is 1.83 bits per heavy atom. The molecular formula is C10H25NO. The van der Waals surface area contributed by atoms with Gasteiger partial charge in [0.05, 0.1) is 6.10 Å². The van der Waals surface area contributed by atoms with Gasteiger partial charge in [-0.15, -0.1) is 0 Å². The Labute approximate surface area is 77.9 Å². The van der Waals surface area contributed by atoms with Crippen molar-refractivity contribution in [2.24, 2.45) is 0 Å². The van der Waals surface area contributed by atoms with Crippen LogP contribution in [0.1, 0.15) is 34.1 Å². The van der Waals surface area contributed by atoms with E-state index in [0.29, 0.717) is 6.10 Å². The van der Waals surface area contributed by atoms with Crippen molar-refractivity contribution in [3.8, 4) is 0 Å². The van der Waals surface area contributed by atoms with E-state index in [1.165, 1.54) is 0 Å². The number of hydrogen-bond donors (Lipinski definition) is 0. The first-order chi connectivity index (χ1) is 5.70. The summed E-state index contributed by atoms with van der Waals surface area (Å²) in [5, 5.41) is 0. The van der Waals surface area contributed by atoms with Crippen LogP contribution in [0.15, 0.2) is 0 Å². The highest BCUT2D eigenvalue weighted by atomic mass is 16.5. The highest BCUT2D eigenvalue weighted by molar-refractivity contribution is 4.53. The molecule has 0 bridgehead atoms. The first kappa shape index (κ1) is 14.4. The molecule has 1 unspecified atom stereocenters. The monoisotopic (exact) mass is 175 g/mol. The number of ether oxygens (including phenoxy) is 1. The van der Waals surface area contributed by atoms with E-state index < -0.39 is 0 Å². The molecule has 0 aliphatic rings. The average molecular weight is 175 g/mol. The molecule has 76 valence electrons. The van der Waals surface area contributed by atoms with Crippen LogP contribution < -0.4 is 0 Å². The van der Waals surface area contributed by atoms with Gasteiger partial charge < -0.3 is 9.64 Å².